The number of nitrogen functional groups attached to an aromatic ring is 1. The molecule has 1 aromatic carbocycles. The Labute approximate surface area is 132 Å². The number of nitrogens with zero attached hydrogens (tertiary/aromatic N) is 2. The van der Waals surface area contributed by atoms with Crippen LogP contribution in [0.1, 0.15) is 25.3 Å². The van der Waals surface area contributed by atoms with Crippen molar-refractivity contribution in [1.82, 2.24) is 9.78 Å². The van der Waals surface area contributed by atoms with Crippen molar-refractivity contribution in [3.8, 4) is 22.6 Å². The molecule has 0 radical (unpaired) electrons. The summed E-state index contributed by atoms with van der Waals surface area (Å²) in [6, 6.07) is 2.00. The van der Waals surface area contributed by atoms with E-state index in [0.29, 0.717) is 24.9 Å². The maximum Gasteiger partial charge on any atom is 0.175 e. The molecule has 5 nitrogen and oxygen atoms in total. The molecule has 2 heterocycles. The van der Waals surface area contributed by atoms with E-state index in [4.69, 9.17) is 15.2 Å². The number of halogens is 1. The molecule has 0 spiro atoms. The van der Waals surface area contributed by atoms with Crippen molar-refractivity contribution in [2.24, 2.45) is 7.05 Å². The molecular weight excluding hydrogens is 334 g/mol. The third-order valence-electron chi connectivity index (χ3n) is 3.66. The van der Waals surface area contributed by atoms with Crippen molar-refractivity contribution < 1.29 is 9.47 Å². The summed E-state index contributed by atoms with van der Waals surface area (Å²) in [5, 5.41) is 4.24. The SMILES string of the molecule is CC(C)c1c(-c2cnn(C)c2N)cc2c(c1Br)OCCO2. The second kappa shape index (κ2) is 5.26. The summed E-state index contributed by atoms with van der Waals surface area (Å²) in [7, 11) is 1.83. The Morgan fingerprint density at radius 3 is 2.62 bits per heavy atom. The first-order chi connectivity index (χ1) is 10.0. The van der Waals surface area contributed by atoms with Crippen molar-refractivity contribution in [2.75, 3.05) is 18.9 Å². The van der Waals surface area contributed by atoms with Gasteiger partial charge >= 0.3 is 0 Å². The summed E-state index contributed by atoms with van der Waals surface area (Å²) in [6.07, 6.45) is 1.79. The standard InChI is InChI=1S/C15H18BrN3O2/c1-8(2)12-9(10-7-18-19(3)15(10)17)6-11-14(13(12)16)21-5-4-20-11/h6-8H,4-5,17H2,1-3H3. The molecular formula is C15H18BrN3O2. The zero-order chi connectivity index (χ0) is 15.1. The monoisotopic (exact) mass is 351 g/mol. The molecule has 0 unspecified atom stereocenters. The Bertz CT molecular complexity index is 695. The molecule has 3 rings (SSSR count). The lowest BCUT2D eigenvalue weighted by atomic mass is 9.92. The predicted octanol–water partition coefficient (Wildman–Crippen LogP) is 3.33. The molecule has 2 aromatic rings. The highest BCUT2D eigenvalue weighted by Gasteiger charge is 2.25. The third kappa shape index (κ3) is 2.27. The van der Waals surface area contributed by atoms with Crippen molar-refractivity contribution in [1.29, 1.82) is 0 Å². The van der Waals surface area contributed by atoms with E-state index in [1.165, 1.54) is 0 Å². The first kappa shape index (κ1) is 14.3. The number of ether oxygens (including phenoxy) is 2. The van der Waals surface area contributed by atoms with Gasteiger partial charge in [-0.2, -0.15) is 5.10 Å². The van der Waals surface area contributed by atoms with Crippen LogP contribution in [0.25, 0.3) is 11.1 Å². The van der Waals surface area contributed by atoms with Gasteiger partial charge in [-0.3, -0.25) is 4.68 Å². The second-order valence-corrected chi connectivity index (χ2v) is 6.19. The summed E-state index contributed by atoms with van der Waals surface area (Å²) < 4.78 is 14.1. The van der Waals surface area contributed by atoms with Crippen LogP contribution in [0.15, 0.2) is 16.7 Å². The van der Waals surface area contributed by atoms with Crippen molar-refractivity contribution in [3.05, 3.63) is 22.3 Å². The number of anilines is 1. The number of nitrogens with two attached hydrogens (primary N) is 1. The van der Waals surface area contributed by atoms with Gasteiger partial charge in [0.25, 0.3) is 0 Å². The summed E-state index contributed by atoms with van der Waals surface area (Å²) in [4.78, 5) is 0. The van der Waals surface area contributed by atoms with Gasteiger partial charge in [0, 0.05) is 12.6 Å². The minimum Gasteiger partial charge on any atom is -0.486 e. The molecule has 0 saturated carbocycles. The van der Waals surface area contributed by atoms with Gasteiger partial charge in [-0.25, -0.2) is 0 Å². The molecule has 21 heavy (non-hydrogen) atoms. The maximum absolute atomic E-state index is 6.14. The molecule has 2 N–H and O–H groups in total. The van der Waals surface area contributed by atoms with Gasteiger partial charge in [0.2, 0.25) is 0 Å². The average molecular weight is 352 g/mol. The Morgan fingerprint density at radius 1 is 1.29 bits per heavy atom. The number of benzene rings is 1. The zero-order valence-electron chi connectivity index (χ0n) is 12.3. The third-order valence-corrected chi connectivity index (χ3v) is 4.45. The molecule has 0 fully saturated rings. The van der Waals surface area contributed by atoms with Gasteiger partial charge in [0.15, 0.2) is 11.5 Å². The molecule has 6 heteroatoms. The highest BCUT2D eigenvalue weighted by molar-refractivity contribution is 9.10. The van der Waals surface area contributed by atoms with Gasteiger partial charge in [-0.15, -0.1) is 0 Å². The Kier molecular flexibility index (Phi) is 3.57. The fraction of sp³-hybridized carbons (Fsp3) is 0.400. The Balaban J connectivity index is 2.28. The Morgan fingerprint density at radius 2 is 2.00 bits per heavy atom. The van der Waals surface area contributed by atoms with Crippen LogP contribution in [0.2, 0.25) is 0 Å². The molecule has 0 saturated heterocycles. The van der Waals surface area contributed by atoms with Crippen LogP contribution in [0.4, 0.5) is 5.82 Å². The number of hydrogen-bond acceptors (Lipinski definition) is 4. The van der Waals surface area contributed by atoms with Gasteiger partial charge in [-0.1, -0.05) is 13.8 Å². The van der Waals surface area contributed by atoms with Crippen LogP contribution in [-0.4, -0.2) is 23.0 Å². The fourth-order valence-corrected chi connectivity index (χ4v) is 3.58. The van der Waals surface area contributed by atoms with Gasteiger partial charge in [0.1, 0.15) is 19.0 Å². The quantitative estimate of drug-likeness (QED) is 0.901. The smallest absolute Gasteiger partial charge is 0.175 e. The van der Waals surface area contributed by atoms with Crippen molar-refractivity contribution >= 4 is 21.7 Å². The summed E-state index contributed by atoms with van der Waals surface area (Å²) >= 11 is 3.67. The summed E-state index contributed by atoms with van der Waals surface area (Å²) in [5.74, 6) is 2.47. The summed E-state index contributed by atoms with van der Waals surface area (Å²) in [5.41, 5.74) is 9.24. The molecule has 0 atom stereocenters. The molecule has 112 valence electrons. The normalized spacial score (nSPS) is 13.8. The van der Waals surface area contributed by atoms with Crippen molar-refractivity contribution in [3.63, 3.8) is 0 Å². The number of hydrogen-bond donors (Lipinski definition) is 1. The lowest BCUT2D eigenvalue weighted by Crippen LogP contribution is -2.16. The van der Waals surface area contributed by atoms with E-state index < -0.39 is 0 Å². The minimum atomic E-state index is 0.310. The molecule has 1 aliphatic heterocycles. The fourth-order valence-electron chi connectivity index (χ4n) is 2.60. The molecule has 0 bridgehead atoms. The van der Waals surface area contributed by atoms with Crippen LogP contribution in [-0.2, 0) is 7.05 Å². The van der Waals surface area contributed by atoms with Gasteiger partial charge in [0.05, 0.1) is 10.7 Å². The van der Waals surface area contributed by atoms with Crippen molar-refractivity contribution in [2.45, 2.75) is 19.8 Å². The number of fused-ring (bicyclic) bond motifs is 1. The first-order valence-corrected chi connectivity index (χ1v) is 7.69. The highest BCUT2D eigenvalue weighted by atomic mass is 79.9. The van der Waals surface area contributed by atoms with E-state index >= 15 is 0 Å². The van der Waals surface area contributed by atoms with Crippen LogP contribution < -0.4 is 15.2 Å². The largest absolute Gasteiger partial charge is 0.486 e. The number of aromatic nitrogens is 2. The lowest BCUT2D eigenvalue weighted by molar-refractivity contribution is 0.170. The topological polar surface area (TPSA) is 62.3 Å². The van der Waals surface area contributed by atoms with E-state index in [9.17, 15) is 0 Å². The minimum absolute atomic E-state index is 0.310. The van der Waals surface area contributed by atoms with E-state index in [2.05, 4.69) is 34.9 Å². The molecule has 0 aliphatic carbocycles. The average Bonchev–Trinajstić information content (AvgIpc) is 2.78. The highest BCUT2D eigenvalue weighted by Crippen LogP contribution is 2.47. The van der Waals surface area contributed by atoms with Crippen LogP contribution in [0.3, 0.4) is 0 Å². The zero-order valence-corrected chi connectivity index (χ0v) is 13.9. The lowest BCUT2D eigenvalue weighted by Gasteiger charge is -2.24. The number of rotatable bonds is 2. The van der Waals surface area contributed by atoms with E-state index in [-0.39, 0.29) is 0 Å². The van der Waals surface area contributed by atoms with Gasteiger partial charge in [-0.05, 0) is 39.0 Å². The molecule has 1 aromatic heterocycles. The van der Waals surface area contributed by atoms with E-state index in [1.807, 2.05) is 13.1 Å². The van der Waals surface area contributed by atoms with Crippen LogP contribution >= 0.6 is 15.9 Å². The van der Waals surface area contributed by atoms with Crippen LogP contribution in [0, 0.1) is 0 Å². The first-order valence-electron chi connectivity index (χ1n) is 6.90. The predicted molar refractivity (Wildman–Crippen MR) is 85.8 cm³/mol. The van der Waals surface area contributed by atoms with Crippen LogP contribution in [0.5, 0.6) is 11.5 Å². The second-order valence-electron chi connectivity index (χ2n) is 5.40. The summed E-state index contributed by atoms with van der Waals surface area (Å²) in [6.45, 7) is 5.42. The molecule has 1 aliphatic rings. The van der Waals surface area contributed by atoms with E-state index in [1.54, 1.807) is 10.9 Å². The molecule has 0 amide bonds. The number of aryl methyl sites for hydroxylation is 1. The maximum atomic E-state index is 6.14. The van der Waals surface area contributed by atoms with Gasteiger partial charge < -0.3 is 15.2 Å². The van der Waals surface area contributed by atoms with E-state index in [0.717, 1.165) is 32.7 Å². The Hall–Kier alpha value is -1.69.